The van der Waals surface area contributed by atoms with E-state index in [1.54, 1.807) is 12.1 Å². The number of rotatable bonds is 6. The second kappa shape index (κ2) is 7.07. The fourth-order valence-corrected chi connectivity index (χ4v) is 1.65. The maximum Gasteiger partial charge on any atom is 0.306 e. The van der Waals surface area contributed by atoms with Crippen molar-refractivity contribution < 1.29 is 19.4 Å². The van der Waals surface area contributed by atoms with Gasteiger partial charge in [-0.2, -0.15) is 0 Å². The van der Waals surface area contributed by atoms with E-state index >= 15 is 0 Å². The third-order valence-corrected chi connectivity index (χ3v) is 2.65. The highest BCUT2D eigenvalue weighted by Crippen LogP contribution is 2.08. The summed E-state index contributed by atoms with van der Waals surface area (Å²) in [5.74, 6) is -1.27. The van der Waals surface area contributed by atoms with Crippen LogP contribution in [0.2, 0.25) is 0 Å². The molecular weight excluding hydrogens is 304 g/mol. The average Bonchev–Trinajstić information content (AvgIpc) is 2.33. The zero-order chi connectivity index (χ0) is 13.5. The number of hydrogen-bond acceptors (Lipinski definition) is 4. The van der Waals surface area contributed by atoms with Crippen LogP contribution in [0.15, 0.2) is 22.9 Å². The minimum absolute atomic E-state index is 0.140. The molecule has 6 nitrogen and oxygen atoms in total. The molecule has 1 aromatic rings. The van der Waals surface area contributed by atoms with Gasteiger partial charge in [0.05, 0.1) is 12.5 Å². The van der Waals surface area contributed by atoms with E-state index in [9.17, 15) is 9.59 Å². The third kappa shape index (κ3) is 4.80. The summed E-state index contributed by atoms with van der Waals surface area (Å²) in [6, 6.07) is 3.15. The molecule has 0 spiro atoms. The number of nitrogens with zero attached hydrogens (tertiary/aromatic N) is 1. The van der Waals surface area contributed by atoms with Crippen LogP contribution in [0.5, 0.6) is 0 Å². The first-order valence-corrected chi connectivity index (χ1v) is 5.96. The predicted molar refractivity (Wildman–Crippen MR) is 67.3 cm³/mol. The van der Waals surface area contributed by atoms with Crippen molar-refractivity contribution in [3.63, 3.8) is 0 Å². The van der Waals surface area contributed by atoms with Gasteiger partial charge in [0.15, 0.2) is 0 Å². The van der Waals surface area contributed by atoms with Gasteiger partial charge in [0.25, 0.3) is 5.91 Å². The van der Waals surface area contributed by atoms with Gasteiger partial charge in [0.1, 0.15) is 4.60 Å². The van der Waals surface area contributed by atoms with Gasteiger partial charge in [-0.1, -0.05) is 0 Å². The lowest BCUT2D eigenvalue weighted by atomic mass is 10.2. The number of aliphatic carboxylic acids is 1. The first-order chi connectivity index (χ1) is 8.52. The second-order valence-electron chi connectivity index (χ2n) is 3.53. The van der Waals surface area contributed by atoms with Crippen LogP contribution < -0.4 is 5.32 Å². The number of aromatic nitrogens is 1. The zero-order valence-electron chi connectivity index (χ0n) is 9.72. The lowest BCUT2D eigenvalue weighted by molar-refractivity contribution is -0.139. The Bertz CT molecular complexity index is 439. The maximum atomic E-state index is 11.7. The molecule has 0 aliphatic heterocycles. The van der Waals surface area contributed by atoms with E-state index < -0.39 is 12.1 Å². The molecule has 0 saturated heterocycles. The van der Waals surface area contributed by atoms with Crippen LogP contribution in [0.4, 0.5) is 0 Å². The van der Waals surface area contributed by atoms with Crippen molar-refractivity contribution in [1.29, 1.82) is 0 Å². The number of carboxylic acid groups (broad SMARTS) is 1. The summed E-state index contributed by atoms with van der Waals surface area (Å²) in [6.45, 7) is 0.140. The summed E-state index contributed by atoms with van der Waals surface area (Å²) < 4.78 is 5.51. The Morgan fingerprint density at radius 3 is 2.89 bits per heavy atom. The molecule has 0 saturated carbocycles. The van der Waals surface area contributed by atoms with Gasteiger partial charge in [-0.3, -0.25) is 9.59 Å². The first kappa shape index (κ1) is 14.6. The number of hydrogen-bond donors (Lipinski definition) is 2. The van der Waals surface area contributed by atoms with Crippen molar-refractivity contribution in [1.82, 2.24) is 10.3 Å². The van der Waals surface area contributed by atoms with Gasteiger partial charge in [-0.05, 0) is 28.1 Å². The van der Waals surface area contributed by atoms with Crippen molar-refractivity contribution in [2.75, 3.05) is 13.7 Å². The van der Waals surface area contributed by atoms with Crippen molar-refractivity contribution in [3.8, 4) is 0 Å². The summed E-state index contributed by atoms with van der Waals surface area (Å²) >= 11 is 3.16. The van der Waals surface area contributed by atoms with E-state index in [4.69, 9.17) is 9.84 Å². The van der Waals surface area contributed by atoms with E-state index in [1.807, 2.05) is 0 Å². The number of halogens is 1. The molecular formula is C11H13BrN2O4. The molecule has 1 atom stereocenters. The normalized spacial score (nSPS) is 11.9. The molecule has 1 unspecified atom stereocenters. The van der Waals surface area contributed by atoms with Crippen LogP contribution in [0, 0.1) is 0 Å². The Morgan fingerprint density at radius 1 is 1.61 bits per heavy atom. The highest BCUT2D eigenvalue weighted by atomic mass is 79.9. The fraction of sp³-hybridized carbons (Fsp3) is 0.364. The monoisotopic (exact) mass is 316 g/mol. The SMILES string of the molecule is COC(CNC(=O)c1ccnc(Br)c1)CC(=O)O. The number of carbonyl (C=O) groups is 2. The highest BCUT2D eigenvalue weighted by Gasteiger charge is 2.14. The van der Waals surface area contributed by atoms with Crippen molar-refractivity contribution in [2.45, 2.75) is 12.5 Å². The molecule has 0 bridgehead atoms. The Kier molecular flexibility index (Phi) is 5.73. The van der Waals surface area contributed by atoms with Crippen LogP contribution in [0.25, 0.3) is 0 Å². The molecule has 0 radical (unpaired) electrons. The Labute approximate surface area is 112 Å². The van der Waals surface area contributed by atoms with E-state index in [1.165, 1.54) is 13.3 Å². The van der Waals surface area contributed by atoms with Crippen LogP contribution >= 0.6 is 15.9 Å². The molecule has 2 N–H and O–H groups in total. The minimum atomic E-state index is -0.970. The van der Waals surface area contributed by atoms with Crippen molar-refractivity contribution >= 4 is 27.8 Å². The second-order valence-corrected chi connectivity index (χ2v) is 4.35. The molecule has 0 aliphatic rings. The van der Waals surface area contributed by atoms with Crippen LogP contribution in [0.3, 0.4) is 0 Å². The van der Waals surface area contributed by atoms with E-state index in [0.717, 1.165) is 0 Å². The van der Waals surface area contributed by atoms with Gasteiger partial charge >= 0.3 is 5.97 Å². The minimum Gasteiger partial charge on any atom is -0.481 e. The Morgan fingerprint density at radius 2 is 2.33 bits per heavy atom. The lowest BCUT2D eigenvalue weighted by Crippen LogP contribution is -2.34. The molecule has 1 amide bonds. The maximum absolute atomic E-state index is 11.7. The zero-order valence-corrected chi connectivity index (χ0v) is 11.3. The molecule has 1 heterocycles. The topological polar surface area (TPSA) is 88.5 Å². The Balaban J connectivity index is 2.52. The van der Waals surface area contributed by atoms with E-state index in [-0.39, 0.29) is 18.9 Å². The van der Waals surface area contributed by atoms with Crippen molar-refractivity contribution in [3.05, 3.63) is 28.5 Å². The number of pyridine rings is 1. The molecule has 0 fully saturated rings. The Hall–Kier alpha value is -1.47. The molecule has 0 aliphatic carbocycles. The van der Waals surface area contributed by atoms with Gasteiger partial charge in [-0.25, -0.2) is 4.98 Å². The summed E-state index contributed by atoms with van der Waals surface area (Å²) in [6.07, 6.45) is 0.803. The van der Waals surface area contributed by atoms with Gasteiger partial charge < -0.3 is 15.2 Å². The van der Waals surface area contributed by atoms with Gasteiger partial charge in [0.2, 0.25) is 0 Å². The molecule has 0 aromatic carbocycles. The number of methoxy groups -OCH3 is 1. The number of nitrogens with one attached hydrogen (secondary N) is 1. The highest BCUT2D eigenvalue weighted by molar-refractivity contribution is 9.10. The molecule has 18 heavy (non-hydrogen) atoms. The van der Waals surface area contributed by atoms with Gasteiger partial charge in [0, 0.05) is 25.4 Å². The standard InChI is InChI=1S/C11H13BrN2O4/c1-18-8(5-10(15)16)6-14-11(17)7-2-3-13-9(12)4-7/h2-4,8H,5-6H2,1H3,(H,14,17)(H,15,16). The molecule has 98 valence electrons. The summed E-state index contributed by atoms with van der Waals surface area (Å²) in [4.78, 5) is 26.2. The summed E-state index contributed by atoms with van der Waals surface area (Å²) in [7, 11) is 1.41. The quantitative estimate of drug-likeness (QED) is 0.766. The van der Waals surface area contributed by atoms with E-state index in [2.05, 4.69) is 26.2 Å². The largest absolute Gasteiger partial charge is 0.481 e. The molecule has 7 heteroatoms. The number of amides is 1. The molecule has 1 aromatic heterocycles. The lowest BCUT2D eigenvalue weighted by Gasteiger charge is -2.13. The van der Waals surface area contributed by atoms with Crippen LogP contribution in [-0.2, 0) is 9.53 Å². The van der Waals surface area contributed by atoms with Crippen molar-refractivity contribution in [2.24, 2.45) is 0 Å². The smallest absolute Gasteiger partial charge is 0.306 e. The van der Waals surface area contributed by atoms with Crippen LogP contribution in [0.1, 0.15) is 16.8 Å². The number of carbonyl (C=O) groups excluding carboxylic acids is 1. The first-order valence-electron chi connectivity index (χ1n) is 5.17. The fourth-order valence-electron chi connectivity index (χ4n) is 1.29. The van der Waals surface area contributed by atoms with Crippen LogP contribution in [-0.4, -0.2) is 41.7 Å². The van der Waals surface area contributed by atoms with E-state index in [0.29, 0.717) is 10.2 Å². The van der Waals surface area contributed by atoms with Gasteiger partial charge in [-0.15, -0.1) is 0 Å². The molecule has 1 rings (SSSR count). The average molecular weight is 317 g/mol. The number of carboxylic acids is 1. The summed E-state index contributed by atoms with van der Waals surface area (Å²) in [5, 5.41) is 11.2. The summed E-state index contributed by atoms with van der Waals surface area (Å²) in [5.41, 5.74) is 0.446. The number of ether oxygens (including phenoxy) is 1. The predicted octanol–water partition coefficient (Wildman–Crippen LogP) is 1.06. The third-order valence-electron chi connectivity index (χ3n) is 2.21.